The molecular weight excluding hydrogens is 522 g/mol. The Bertz CT molecular complexity index is 1380. The Morgan fingerprint density at radius 1 is 0.947 bits per heavy atom. The van der Waals surface area contributed by atoms with E-state index in [1.54, 1.807) is 19.1 Å². The van der Waals surface area contributed by atoms with Gasteiger partial charge in [0.1, 0.15) is 12.6 Å². The summed E-state index contributed by atoms with van der Waals surface area (Å²) in [5.41, 5.74) is 3.71. The maximum atomic E-state index is 14.0. The standard InChI is InChI=1S/C29H34ClN3O4S/c1-5-31-29(35)27(17-23-11-7-6-8-12-23)32(19-24-13-9-10-21(2)16-24)28(34)20-33(38(4,36)37)26-18-25(30)15-14-22(26)3/h6-16,18,27H,5,17,19-20H2,1-4H3,(H,31,35)/t27-/m0/s1. The average Bonchev–Trinajstić information content (AvgIpc) is 2.86. The van der Waals surface area contributed by atoms with Gasteiger partial charge in [-0.1, -0.05) is 77.8 Å². The van der Waals surface area contributed by atoms with E-state index in [4.69, 9.17) is 11.6 Å². The van der Waals surface area contributed by atoms with Gasteiger partial charge in [-0.05, 0) is 49.6 Å². The number of carbonyl (C=O) groups is 2. The fourth-order valence-corrected chi connectivity index (χ4v) is 5.36. The number of hydrogen-bond acceptors (Lipinski definition) is 4. The zero-order valence-corrected chi connectivity index (χ0v) is 23.7. The van der Waals surface area contributed by atoms with Crippen molar-refractivity contribution in [3.05, 3.63) is 100 Å². The monoisotopic (exact) mass is 555 g/mol. The number of benzene rings is 3. The lowest BCUT2D eigenvalue weighted by molar-refractivity contribution is -0.140. The highest BCUT2D eigenvalue weighted by Crippen LogP contribution is 2.27. The van der Waals surface area contributed by atoms with Crippen molar-refractivity contribution in [2.75, 3.05) is 23.7 Å². The molecule has 7 nitrogen and oxygen atoms in total. The normalized spacial score (nSPS) is 12.0. The van der Waals surface area contributed by atoms with Gasteiger partial charge in [0.05, 0.1) is 11.9 Å². The van der Waals surface area contributed by atoms with E-state index in [9.17, 15) is 18.0 Å². The predicted octanol–water partition coefficient (Wildman–Crippen LogP) is 4.50. The summed E-state index contributed by atoms with van der Waals surface area (Å²) < 4.78 is 26.8. The molecule has 0 saturated carbocycles. The minimum absolute atomic E-state index is 0.140. The molecule has 0 unspecified atom stereocenters. The van der Waals surface area contributed by atoms with E-state index in [1.807, 2.05) is 68.4 Å². The molecule has 0 saturated heterocycles. The second-order valence-corrected chi connectivity index (χ2v) is 11.7. The molecule has 0 heterocycles. The van der Waals surface area contributed by atoms with Gasteiger partial charge in [0, 0.05) is 24.5 Å². The van der Waals surface area contributed by atoms with Gasteiger partial charge < -0.3 is 10.2 Å². The van der Waals surface area contributed by atoms with Crippen LogP contribution in [0.15, 0.2) is 72.8 Å². The highest BCUT2D eigenvalue weighted by Gasteiger charge is 2.33. The van der Waals surface area contributed by atoms with Crippen molar-refractivity contribution in [3.63, 3.8) is 0 Å². The first-order valence-corrected chi connectivity index (χ1v) is 14.6. The van der Waals surface area contributed by atoms with Gasteiger partial charge in [-0.25, -0.2) is 8.42 Å². The maximum absolute atomic E-state index is 14.0. The number of likely N-dealkylation sites (N-methyl/N-ethyl adjacent to an activating group) is 1. The van der Waals surface area contributed by atoms with Crippen molar-refractivity contribution < 1.29 is 18.0 Å². The summed E-state index contributed by atoms with van der Waals surface area (Å²) in [6, 6.07) is 21.2. The third kappa shape index (κ3) is 7.82. The summed E-state index contributed by atoms with van der Waals surface area (Å²) in [6.45, 7) is 5.59. The molecule has 202 valence electrons. The molecule has 0 radical (unpaired) electrons. The van der Waals surface area contributed by atoms with E-state index >= 15 is 0 Å². The number of rotatable bonds is 11. The Balaban J connectivity index is 2.07. The molecule has 1 N–H and O–H groups in total. The molecule has 9 heteroatoms. The first kappa shape index (κ1) is 29.2. The molecule has 0 bridgehead atoms. The lowest BCUT2D eigenvalue weighted by Crippen LogP contribution is -2.53. The minimum Gasteiger partial charge on any atom is -0.355 e. The smallest absolute Gasteiger partial charge is 0.244 e. The van der Waals surface area contributed by atoms with Crippen molar-refractivity contribution in [1.82, 2.24) is 10.2 Å². The van der Waals surface area contributed by atoms with Crippen molar-refractivity contribution in [1.29, 1.82) is 0 Å². The summed E-state index contributed by atoms with van der Waals surface area (Å²) in [5.74, 6) is -0.800. The zero-order valence-electron chi connectivity index (χ0n) is 22.1. The Kier molecular flexibility index (Phi) is 9.94. The molecule has 38 heavy (non-hydrogen) atoms. The van der Waals surface area contributed by atoms with Crippen molar-refractivity contribution in [3.8, 4) is 0 Å². The van der Waals surface area contributed by atoms with Gasteiger partial charge in [-0.2, -0.15) is 0 Å². The van der Waals surface area contributed by atoms with E-state index in [-0.39, 0.29) is 18.9 Å². The van der Waals surface area contributed by atoms with Crippen molar-refractivity contribution in [2.45, 2.75) is 39.8 Å². The number of carbonyl (C=O) groups excluding carboxylic acids is 2. The lowest BCUT2D eigenvalue weighted by atomic mass is 10.0. The molecule has 0 fully saturated rings. The molecule has 0 aliphatic rings. The van der Waals surface area contributed by atoms with E-state index < -0.39 is 28.5 Å². The van der Waals surface area contributed by atoms with Gasteiger partial charge in [0.25, 0.3) is 0 Å². The van der Waals surface area contributed by atoms with Crippen LogP contribution < -0.4 is 9.62 Å². The highest BCUT2D eigenvalue weighted by molar-refractivity contribution is 7.92. The number of amides is 2. The van der Waals surface area contributed by atoms with Crippen molar-refractivity contribution >= 4 is 39.1 Å². The van der Waals surface area contributed by atoms with Crippen LogP contribution in [0.5, 0.6) is 0 Å². The second kappa shape index (κ2) is 12.9. The molecule has 0 aromatic heterocycles. The quantitative estimate of drug-likeness (QED) is 0.377. The van der Waals surface area contributed by atoms with E-state index in [1.165, 1.54) is 11.0 Å². The largest absolute Gasteiger partial charge is 0.355 e. The summed E-state index contributed by atoms with van der Waals surface area (Å²) in [5, 5.41) is 3.20. The molecule has 1 atom stereocenters. The van der Waals surface area contributed by atoms with Crippen LogP contribution in [-0.4, -0.2) is 50.5 Å². The second-order valence-electron chi connectivity index (χ2n) is 9.31. The highest BCUT2D eigenvalue weighted by atomic mass is 35.5. The maximum Gasteiger partial charge on any atom is 0.244 e. The summed E-state index contributed by atoms with van der Waals surface area (Å²) >= 11 is 6.18. The molecular formula is C29H34ClN3O4S. The van der Waals surface area contributed by atoms with Crippen LogP contribution in [0.3, 0.4) is 0 Å². The van der Waals surface area contributed by atoms with Crippen LogP contribution in [0.2, 0.25) is 5.02 Å². The number of nitrogens with zero attached hydrogens (tertiary/aromatic N) is 2. The number of hydrogen-bond donors (Lipinski definition) is 1. The summed E-state index contributed by atoms with van der Waals surface area (Å²) in [6.07, 6.45) is 1.33. The van der Waals surface area contributed by atoms with E-state index in [2.05, 4.69) is 5.32 Å². The van der Waals surface area contributed by atoms with Gasteiger partial charge in [0.2, 0.25) is 21.8 Å². The minimum atomic E-state index is -3.85. The molecule has 0 aliphatic carbocycles. The van der Waals surface area contributed by atoms with Crippen LogP contribution >= 0.6 is 11.6 Å². The molecule has 3 aromatic rings. The number of halogens is 1. The zero-order chi connectivity index (χ0) is 27.9. The van der Waals surface area contributed by atoms with Gasteiger partial charge in [0.15, 0.2) is 0 Å². The average molecular weight is 556 g/mol. The topological polar surface area (TPSA) is 86.8 Å². The molecule has 2 amide bonds. The predicted molar refractivity (Wildman–Crippen MR) is 153 cm³/mol. The van der Waals surface area contributed by atoms with Crippen LogP contribution in [0.25, 0.3) is 0 Å². The molecule has 0 spiro atoms. The fraction of sp³-hybridized carbons (Fsp3) is 0.310. The number of anilines is 1. The number of nitrogens with one attached hydrogen (secondary N) is 1. The first-order chi connectivity index (χ1) is 18.0. The number of aryl methyl sites for hydroxylation is 2. The third-order valence-electron chi connectivity index (χ3n) is 6.18. The van der Waals surface area contributed by atoms with Gasteiger partial charge in [-0.15, -0.1) is 0 Å². The molecule has 3 aromatic carbocycles. The Morgan fingerprint density at radius 3 is 2.26 bits per heavy atom. The van der Waals surface area contributed by atoms with Crippen LogP contribution in [0.1, 0.15) is 29.2 Å². The van der Waals surface area contributed by atoms with Crippen molar-refractivity contribution in [2.24, 2.45) is 0 Å². The lowest BCUT2D eigenvalue weighted by Gasteiger charge is -2.33. The first-order valence-electron chi connectivity index (χ1n) is 12.4. The Morgan fingerprint density at radius 2 is 1.63 bits per heavy atom. The van der Waals surface area contributed by atoms with Crippen LogP contribution in [0, 0.1) is 13.8 Å². The Hall–Kier alpha value is -3.36. The SMILES string of the molecule is CCNC(=O)[C@H](Cc1ccccc1)N(Cc1cccc(C)c1)C(=O)CN(c1cc(Cl)ccc1C)S(C)(=O)=O. The fourth-order valence-electron chi connectivity index (χ4n) is 4.30. The Labute approximate surface area is 230 Å². The van der Waals surface area contributed by atoms with Crippen LogP contribution in [-0.2, 0) is 32.6 Å². The summed E-state index contributed by atoms with van der Waals surface area (Å²) in [4.78, 5) is 28.8. The third-order valence-corrected chi connectivity index (χ3v) is 7.54. The summed E-state index contributed by atoms with van der Waals surface area (Å²) in [7, 11) is -3.85. The molecule has 0 aliphatic heterocycles. The van der Waals surface area contributed by atoms with E-state index in [0.29, 0.717) is 22.8 Å². The van der Waals surface area contributed by atoms with Crippen LogP contribution in [0.4, 0.5) is 5.69 Å². The number of sulfonamides is 1. The van der Waals surface area contributed by atoms with Gasteiger partial charge >= 0.3 is 0 Å². The molecule has 3 rings (SSSR count). The van der Waals surface area contributed by atoms with Gasteiger partial charge in [-0.3, -0.25) is 13.9 Å². The van der Waals surface area contributed by atoms with E-state index in [0.717, 1.165) is 27.3 Å².